The fourth-order valence-corrected chi connectivity index (χ4v) is 0.647. The molecule has 0 aliphatic heterocycles. The lowest BCUT2D eigenvalue weighted by molar-refractivity contribution is -0.184. The summed E-state index contributed by atoms with van der Waals surface area (Å²) in [7, 11) is 0. The first kappa shape index (κ1) is 12.2. The molecule has 13 heavy (non-hydrogen) atoms. The first-order valence-corrected chi connectivity index (χ1v) is 3.71. The van der Waals surface area contributed by atoms with Gasteiger partial charge >= 0.3 is 12.1 Å². The van der Waals surface area contributed by atoms with E-state index in [1.54, 1.807) is 0 Å². The largest absolute Gasteiger partial charge is 0.481 e. The van der Waals surface area contributed by atoms with Gasteiger partial charge in [0.15, 0.2) is 0 Å². The Hall–Kier alpha value is -0.780. The molecule has 0 rings (SSSR count). The van der Waals surface area contributed by atoms with Crippen molar-refractivity contribution < 1.29 is 27.8 Å². The van der Waals surface area contributed by atoms with Crippen molar-refractivity contribution in [3.05, 3.63) is 0 Å². The summed E-state index contributed by atoms with van der Waals surface area (Å²) in [6.45, 7) is 0.0858. The Kier molecular flexibility index (Phi) is 4.76. The van der Waals surface area contributed by atoms with E-state index in [0.29, 0.717) is 0 Å². The first-order chi connectivity index (χ1) is 5.81. The molecule has 0 radical (unpaired) electrons. The van der Waals surface area contributed by atoms with E-state index in [1.165, 1.54) is 6.92 Å². The van der Waals surface area contributed by atoms with Crippen LogP contribution in [0.25, 0.3) is 0 Å². The van der Waals surface area contributed by atoms with Crippen LogP contribution in [0.5, 0.6) is 0 Å². The average Bonchev–Trinajstić information content (AvgIpc) is 1.95. The molecule has 1 N–H and O–H groups in total. The highest BCUT2D eigenvalue weighted by molar-refractivity contribution is 5.66. The van der Waals surface area contributed by atoms with Gasteiger partial charge in [0.05, 0.1) is 6.10 Å². The van der Waals surface area contributed by atoms with E-state index in [4.69, 9.17) is 5.11 Å². The highest BCUT2D eigenvalue weighted by Crippen LogP contribution is 2.16. The number of hydrogen-bond donors (Lipinski definition) is 1. The van der Waals surface area contributed by atoms with Crippen LogP contribution in [0, 0.1) is 0 Å². The van der Waals surface area contributed by atoms with E-state index in [9.17, 15) is 18.0 Å². The van der Waals surface area contributed by atoms with E-state index in [1.807, 2.05) is 0 Å². The van der Waals surface area contributed by atoms with Gasteiger partial charge in [0.25, 0.3) is 0 Å². The summed E-state index contributed by atoms with van der Waals surface area (Å²) in [5.41, 5.74) is 0. The number of aliphatic carboxylic acids is 1. The fraction of sp³-hybridized carbons (Fsp3) is 0.857. The van der Waals surface area contributed by atoms with Gasteiger partial charge in [-0.1, -0.05) is 0 Å². The monoisotopic (exact) mass is 200 g/mol. The lowest BCUT2D eigenvalue weighted by atomic mass is 10.2. The van der Waals surface area contributed by atoms with Crippen LogP contribution >= 0.6 is 0 Å². The maximum atomic E-state index is 11.6. The number of hydrogen-bond acceptors (Lipinski definition) is 2. The number of rotatable bonds is 5. The second-order valence-corrected chi connectivity index (χ2v) is 2.67. The highest BCUT2D eigenvalue weighted by Gasteiger charge is 2.28. The highest BCUT2D eigenvalue weighted by atomic mass is 19.4. The van der Waals surface area contributed by atoms with Crippen molar-refractivity contribution >= 4 is 5.97 Å². The van der Waals surface area contributed by atoms with E-state index < -0.39 is 24.9 Å². The molecular weight excluding hydrogens is 189 g/mol. The molecule has 0 aromatic carbocycles. The summed E-state index contributed by atoms with van der Waals surface area (Å²) in [4.78, 5) is 10.0. The summed E-state index contributed by atoms with van der Waals surface area (Å²) in [6.07, 6.45) is -5.13. The normalized spacial score (nSPS) is 14.2. The molecule has 0 spiro atoms. The van der Waals surface area contributed by atoms with Crippen LogP contribution in [0.15, 0.2) is 0 Å². The Balaban J connectivity index is 3.52. The van der Waals surface area contributed by atoms with Gasteiger partial charge in [-0.3, -0.25) is 4.79 Å². The number of alkyl halides is 3. The topological polar surface area (TPSA) is 46.5 Å². The van der Waals surface area contributed by atoms with Gasteiger partial charge in [-0.15, -0.1) is 0 Å². The van der Waals surface area contributed by atoms with Crippen LogP contribution in [0.2, 0.25) is 0 Å². The molecular formula is C7H11F3O3. The third-order valence-corrected chi connectivity index (χ3v) is 1.30. The van der Waals surface area contributed by atoms with Crippen molar-refractivity contribution in [1.29, 1.82) is 0 Å². The van der Waals surface area contributed by atoms with Gasteiger partial charge in [0.1, 0.15) is 6.61 Å². The Morgan fingerprint density at radius 3 is 2.46 bits per heavy atom. The fourth-order valence-electron chi connectivity index (χ4n) is 0.647. The van der Waals surface area contributed by atoms with Crippen molar-refractivity contribution in [2.45, 2.75) is 32.0 Å². The molecule has 0 aromatic heterocycles. The summed E-state index contributed by atoms with van der Waals surface area (Å²) in [5, 5.41) is 8.21. The first-order valence-electron chi connectivity index (χ1n) is 3.71. The van der Waals surface area contributed by atoms with Gasteiger partial charge in [-0.25, -0.2) is 0 Å². The molecule has 1 atom stereocenters. The summed E-state index contributed by atoms with van der Waals surface area (Å²) in [5.74, 6) is -1.04. The summed E-state index contributed by atoms with van der Waals surface area (Å²) in [6, 6.07) is 0. The third-order valence-electron chi connectivity index (χ3n) is 1.30. The van der Waals surface area contributed by atoms with Gasteiger partial charge < -0.3 is 9.84 Å². The number of carboxylic acid groups (broad SMARTS) is 1. The molecule has 0 aliphatic carbocycles. The molecule has 0 saturated heterocycles. The summed E-state index contributed by atoms with van der Waals surface area (Å²) >= 11 is 0. The van der Waals surface area contributed by atoms with E-state index in [0.717, 1.165) is 0 Å². The molecule has 6 heteroatoms. The molecule has 0 fully saturated rings. The standard InChI is InChI=1S/C7H11F3O3/c1-5(2-3-6(11)12)13-4-7(8,9)10/h5H,2-4H2,1H3,(H,11,12). The minimum atomic E-state index is -4.35. The molecule has 0 amide bonds. The third kappa shape index (κ3) is 9.13. The van der Waals surface area contributed by atoms with Gasteiger partial charge in [0.2, 0.25) is 0 Å². The Bertz CT molecular complexity index is 167. The van der Waals surface area contributed by atoms with E-state index >= 15 is 0 Å². The molecule has 0 aromatic rings. The SMILES string of the molecule is CC(CCC(=O)O)OCC(F)(F)F. The van der Waals surface area contributed by atoms with Crippen LogP contribution in [0.3, 0.4) is 0 Å². The van der Waals surface area contributed by atoms with Crippen LogP contribution < -0.4 is 0 Å². The van der Waals surface area contributed by atoms with E-state index in [2.05, 4.69) is 4.74 Å². The number of halogens is 3. The zero-order valence-electron chi connectivity index (χ0n) is 7.10. The van der Waals surface area contributed by atoms with Crippen LogP contribution in [0.1, 0.15) is 19.8 Å². The van der Waals surface area contributed by atoms with Crippen molar-refractivity contribution in [3.8, 4) is 0 Å². The van der Waals surface area contributed by atoms with Crippen molar-refractivity contribution in [2.24, 2.45) is 0 Å². The second kappa shape index (κ2) is 5.06. The molecule has 3 nitrogen and oxygen atoms in total. The zero-order valence-corrected chi connectivity index (χ0v) is 7.10. The number of carbonyl (C=O) groups is 1. The lowest BCUT2D eigenvalue weighted by Gasteiger charge is -2.13. The van der Waals surface area contributed by atoms with Crippen LogP contribution in [0.4, 0.5) is 13.2 Å². The molecule has 0 heterocycles. The Morgan fingerprint density at radius 1 is 1.54 bits per heavy atom. The van der Waals surface area contributed by atoms with Crippen molar-refractivity contribution in [3.63, 3.8) is 0 Å². The molecule has 0 saturated carbocycles. The van der Waals surface area contributed by atoms with E-state index in [-0.39, 0.29) is 12.8 Å². The number of ether oxygens (including phenoxy) is 1. The lowest BCUT2D eigenvalue weighted by Crippen LogP contribution is -2.22. The predicted octanol–water partition coefficient (Wildman–Crippen LogP) is 1.82. The molecule has 0 bridgehead atoms. The summed E-state index contributed by atoms with van der Waals surface area (Å²) < 4.78 is 39.1. The molecule has 78 valence electrons. The smallest absolute Gasteiger partial charge is 0.411 e. The van der Waals surface area contributed by atoms with Crippen LogP contribution in [-0.4, -0.2) is 30.0 Å². The Morgan fingerprint density at radius 2 is 2.08 bits per heavy atom. The van der Waals surface area contributed by atoms with Gasteiger partial charge in [0, 0.05) is 6.42 Å². The second-order valence-electron chi connectivity index (χ2n) is 2.67. The van der Waals surface area contributed by atoms with Gasteiger partial charge in [-0.2, -0.15) is 13.2 Å². The minimum absolute atomic E-state index is 0.0887. The van der Waals surface area contributed by atoms with Gasteiger partial charge in [-0.05, 0) is 13.3 Å². The molecule has 0 aliphatic rings. The van der Waals surface area contributed by atoms with Crippen LogP contribution in [-0.2, 0) is 9.53 Å². The maximum Gasteiger partial charge on any atom is 0.411 e. The Labute approximate surface area is 73.5 Å². The zero-order chi connectivity index (χ0) is 10.5. The maximum absolute atomic E-state index is 11.6. The number of carboxylic acids is 1. The minimum Gasteiger partial charge on any atom is -0.481 e. The average molecular weight is 200 g/mol. The van der Waals surface area contributed by atoms with Crippen molar-refractivity contribution in [2.75, 3.05) is 6.61 Å². The molecule has 1 unspecified atom stereocenters. The van der Waals surface area contributed by atoms with Crippen molar-refractivity contribution in [1.82, 2.24) is 0 Å². The predicted molar refractivity (Wildman–Crippen MR) is 38.3 cm³/mol. The quantitative estimate of drug-likeness (QED) is 0.736.